The molecule has 1 atom stereocenters. The Hall–Kier alpha value is -1.81. The first-order valence-electron chi connectivity index (χ1n) is 7.02. The molecule has 3 nitrogen and oxygen atoms in total. The van der Waals surface area contributed by atoms with Gasteiger partial charge in [0.2, 0.25) is 0 Å². The van der Waals surface area contributed by atoms with Crippen molar-refractivity contribution in [3.63, 3.8) is 0 Å². The van der Waals surface area contributed by atoms with Crippen LogP contribution in [0.5, 0.6) is 5.75 Å². The Morgan fingerprint density at radius 1 is 1.29 bits per heavy atom. The topological polar surface area (TPSA) is 46.5 Å². The Morgan fingerprint density at radius 2 is 2.05 bits per heavy atom. The summed E-state index contributed by atoms with van der Waals surface area (Å²) in [5.74, 6) is -0.485. The third kappa shape index (κ3) is 3.64. The number of ether oxygens (including phenoxy) is 1. The lowest BCUT2D eigenvalue weighted by Gasteiger charge is -2.15. The van der Waals surface area contributed by atoms with E-state index in [1.807, 2.05) is 50.4 Å². The van der Waals surface area contributed by atoms with Crippen LogP contribution in [0.15, 0.2) is 29.6 Å². The first-order valence-corrected chi connectivity index (χ1v) is 7.90. The maximum absolute atomic E-state index is 11.6. The summed E-state index contributed by atoms with van der Waals surface area (Å²) < 4.78 is 5.51. The standard InChI is InChI=1S/C17H20O3S/c1-4-20-15-6-5-13(9-12(15)3)14(17(18)19)10-16-11(2)7-8-21-16/h5-9,14H,4,10H2,1-3H3,(H,18,19). The average Bonchev–Trinajstić information content (AvgIpc) is 2.84. The number of thiophene rings is 1. The molecule has 21 heavy (non-hydrogen) atoms. The highest BCUT2D eigenvalue weighted by Crippen LogP contribution is 2.29. The molecule has 0 saturated heterocycles. The van der Waals surface area contributed by atoms with Crippen LogP contribution in [0, 0.1) is 13.8 Å². The second kappa shape index (κ2) is 6.76. The Labute approximate surface area is 129 Å². The van der Waals surface area contributed by atoms with Gasteiger partial charge in [-0.1, -0.05) is 12.1 Å². The van der Waals surface area contributed by atoms with Gasteiger partial charge in [-0.2, -0.15) is 0 Å². The normalized spacial score (nSPS) is 12.1. The minimum atomic E-state index is -0.786. The highest BCUT2D eigenvalue weighted by atomic mass is 32.1. The predicted octanol–water partition coefficient (Wildman–Crippen LogP) is 4.17. The van der Waals surface area contributed by atoms with E-state index >= 15 is 0 Å². The van der Waals surface area contributed by atoms with Crippen molar-refractivity contribution in [2.75, 3.05) is 6.61 Å². The number of carboxylic acids is 1. The number of benzene rings is 1. The van der Waals surface area contributed by atoms with Crippen molar-refractivity contribution >= 4 is 17.3 Å². The van der Waals surface area contributed by atoms with Crippen LogP contribution in [-0.2, 0) is 11.2 Å². The van der Waals surface area contributed by atoms with Crippen molar-refractivity contribution in [1.82, 2.24) is 0 Å². The summed E-state index contributed by atoms with van der Waals surface area (Å²) in [5.41, 5.74) is 2.97. The zero-order chi connectivity index (χ0) is 15.4. The summed E-state index contributed by atoms with van der Waals surface area (Å²) in [4.78, 5) is 12.8. The quantitative estimate of drug-likeness (QED) is 0.871. The third-order valence-corrected chi connectivity index (χ3v) is 4.60. The van der Waals surface area contributed by atoms with Crippen LogP contribution >= 0.6 is 11.3 Å². The van der Waals surface area contributed by atoms with E-state index in [2.05, 4.69) is 0 Å². The molecule has 112 valence electrons. The molecular weight excluding hydrogens is 284 g/mol. The summed E-state index contributed by atoms with van der Waals surface area (Å²) >= 11 is 1.62. The van der Waals surface area contributed by atoms with Gasteiger partial charge in [-0.25, -0.2) is 0 Å². The van der Waals surface area contributed by atoms with Gasteiger partial charge in [0.05, 0.1) is 12.5 Å². The van der Waals surface area contributed by atoms with Crippen LogP contribution in [-0.4, -0.2) is 17.7 Å². The van der Waals surface area contributed by atoms with E-state index in [4.69, 9.17) is 4.74 Å². The molecule has 0 spiro atoms. The number of carboxylic acid groups (broad SMARTS) is 1. The van der Waals surface area contributed by atoms with Crippen LogP contribution in [0.1, 0.15) is 34.4 Å². The fourth-order valence-electron chi connectivity index (χ4n) is 2.35. The molecule has 0 amide bonds. The Bertz CT molecular complexity index is 631. The fourth-order valence-corrected chi connectivity index (χ4v) is 3.31. The molecule has 0 bridgehead atoms. The van der Waals surface area contributed by atoms with Crippen LogP contribution in [0.2, 0.25) is 0 Å². The molecule has 0 aliphatic rings. The molecule has 1 heterocycles. The van der Waals surface area contributed by atoms with E-state index in [1.54, 1.807) is 11.3 Å². The van der Waals surface area contributed by atoms with Gasteiger partial charge in [-0.15, -0.1) is 11.3 Å². The van der Waals surface area contributed by atoms with Gasteiger partial charge in [0.25, 0.3) is 0 Å². The van der Waals surface area contributed by atoms with E-state index in [9.17, 15) is 9.90 Å². The largest absolute Gasteiger partial charge is 0.494 e. The van der Waals surface area contributed by atoms with Crippen molar-refractivity contribution < 1.29 is 14.6 Å². The summed E-state index contributed by atoms with van der Waals surface area (Å²) in [7, 11) is 0. The van der Waals surface area contributed by atoms with Crippen LogP contribution in [0.4, 0.5) is 0 Å². The Kier molecular flexibility index (Phi) is 5.02. The summed E-state index contributed by atoms with van der Waals surface area (Å²) in [6, 6.07) is 7.68. The van der Waals surface area contributed by atoms with Crippen molar-refractivity contribution in [1.29, 1.82) is 0 Å². The predicted molar refractivity (Wildman–Crippen MR) is 85.5 cm³/mol. The molecule has 0 saturated carbocycles. The molecule has 2 rings (SSSR count). The molecule has 0 radical (unpaired) electrons. The zero-order valence-electron chi connectivity index (χ0n) is 12.6. The number of aryl methyl sites for hydroxylation is 2. The van der Waals surface area contributed by atoms with Gasteiger partial charge in [-0.05, 0) is 61.4 Å². The van der Waals surface area contributed by atoms with E-state index in [-0.39, 0.29) is 0 Å². The lowest BCUT2D eigenvalue weighted by Crippen LogP contribution is -2.14. The Balaban J connectivity index is 2.28. The number of carbonyl (C=O) groups is 1. The third-order valence-electron chi connectivity index (χ3n) is 3.56. The van der Waals surface area contributed by atoms with Crippen molar-refractivity contribution in [2.45, 2.75) is 33.1 Å². The lowest BCUT2D eigenvalue weighted by atomic mass is 9.93. The first-order chi connectivity index (χ1) is 10.0. The molecule has 4 heteroatoms. The highest BCUT2D eigenvalue weighted by Gasteiger charge is 2.22. The van der Waals surface area contributed by atoms with E-state index < -0.39 is 11.9 Å². The molecule has 2 aromatic rings. The van der Waals surface area contributed by atoms with Gasteiger partial charge in [0.1, 0.15) is 5.75 Å². The monoisotopic (exact) mass is 304 g/mol. The molecule has 1 unspecified atom stereocenters. The SMILES string of the molecule is CCOc1ccc(C(Cc2sccc2C)C(=O)O)cc1C. The Morgan fingerprint density at radius 3 is 2.57 bits per heavy atom. The number of rotatable bonds is 6. The van der Waals surface area contributed by atoms with Gasteiger partial charge in [0, 0.05) is 4.88 Å². The fraction of sp³-hybridized carbons (Fsp3) is 0.353. The van der Waals surface area contributed by atoms with Crippen LogP contribution in [0.3, 0.4) is 0 Å². The summed E-state index contributed by atoms with van der Waals surface area (Å²) in [6.07, 6.45) is 0.534. The van der Waals surface area contributed by atoms with Crippen LogP contribution < -0.4 is 4.74 Å². The summed E-state index contributed by atoms with van der Waals surface area (Å²) in [5, 5.41) is 11.6. The van der Waals surface area contributed by atoms with Crippen LogP contribution in [0.25, 0.3) is 0 Å². The first kappa shape index (κ1) is 15.6. The van der Waals surface area contributed by atoms with E-state index in [0.717, 1.165) is 27.3 Å². The molecule has 1 aromatic carbocycles. The average molecular weight is 304 g/mol. The molecule has 0 aliphatic heterocycles. The number of hydrogen-bond acceptors (Lipinski definition) is 3. The minimum Gasteiger partial charge on any atom is -0.494 e. The molecule has 1 N–H and O–H groups in total. The minimum absolute atomic E-state index is 0.517. The van der Waals surface area contributed by atoms with Gasteiger partial charge in [-0.3, -0.25) is 4.79 Å². The van der Waals surface area contributed by atoms with E-state index in [1.165, 1.54) is 0 Å². The maximum atomic E-state index is 11.6. The zero-order valence-corrected chi connectivity index (χ0v) is 13.4. The number of aliphatic carboxylic acids is 1. The molecular formula is C17H20O3S. The number of hydrogen-bond donors (Lipinski definition) is 1. The molecule has 1 aromatic heterocycles. The maximum Gasteiger partial charge on any atom is 0.311 e. The lowest BCUT2D eigenvalue weighted by molar-refractivity contribution is -0.138. The second-order valence-electron chi connectivity index (χ2n) is 5.08. The van der Waals surface area contributed by atoms with E-state index in [0.29, 0.717) is 13.0 Å². The van der Waals surface area contributed by atoms with Crippen molar-refractivity contribution in [3.8, 4) is 5.75 Å². The van der Waals surface area contributed by atoms with Gasteiger partial charge in [0.15, 0.2) is 0 Å². The van der Waals surface area contributed by atoms with Crippen molar-refractivity contribution in [3.05, 3.63) is 51.2 Å². The van der Waals surface area contributed by atoms with Gasteiger partial charge >= 0.3 is 5.97 Å². The molecule has 0 fully saturated rings. The van der Waals surface area contributed by atoms with Crippen molar-refractivity contribution in [2.24, 2.45) is 0 Å². The molecule has 0 aliphatic carbocycles. The summed E-state index contributed by atoms with van der Waals surface area (Å²) in [6.45, 7) is 6.52. The smallest absolute Gasteiger partial charge is 0.311 e. The van der Waals surface area contributed by atoms with Gasteiger partial charge < -0.3 is 9.84 Å². The highest BCUT2D eigenvalue weighted by molar-refractivity contribution is 7.10. The second-order valence-corrected chi connectivity index (χ2v) is 6.08.